The number of allylic oxidation sites excluding steroid dienone is 7. The summed E-state index contributed by atoms with van der Waals surface area (Å²) in [4.78, 5) is 33.7. The van der Waals surface area contributed by atoms with Gasteiger partial charge in [0.25, 0.3) is 0 Å². The van der Waals surface area contributed by atoms with Crippen LogP contribution in [0.4, 0.5) is 0 Å². The highest BCUT2D eigenvalue weighted by molar-refractivity contribution is 8.00. The van der Waals surface area contributed by atoms with Crippen LogP contribution < -0.4 is 5.73 Å². The van der Waals surface area contributed by atoms with Gasteiger partial charge in [0.1, 0.15) is 25.4 Å². The van der Waals surface area contributed by atoms with Crippen molar-refractivity contribution < 1.29 is 39.2 Å². The van der Waals surface area contributed by atoms with Crippen LogP contribution in [-0.2, 0) is 23.9 Å². The molecule has 0 bridgehead atoms. The van der Waals surface area contributed by atoms with E-state index in [4.69, 9.17) is 15.6 Å². The van der Waals surface area contributed by atoms with E-state index in [1.807, 2.05) is 24.3 Å². The Morgan fingerprint density at radius 1 is 0.947 bits per heavy atom. The molecule has 0 aliphatic carbocycles. The summed E-state index contributed by atoms with van der Waals surface area (Å²) >= 11 is 1.25. The van der Waals surface area contributed by atoms with E-state index in [0.29, 0.717) is 6.42 Å². The molecule has 0 aromatic rings. The third kappa shape index (κ3) is 21.7. The lowest BCUT2D eigenvalue weighted by Gasteiger charge is -2.21. The first-order chi connectivity index (χ1) is 18.2. The van der Waals surface area contributed by atoms with Gasteiger partial charge in [-0.15, -0.1) is 11.8 Å². The predicted molar refractivity (Wildman–Crippen MR) is 151 cm³/mol. The monoisotopic (exact) mass is 555 g/mol. The van der Waals surface area contributed by atoms with Crippen molar-refractivity contribution in [3.63, 3.8) is 0 Å². The van der Waals surface area contributed by atoms with Gasteiger partial charge in [0, 0.05) is 24.3 Å². The quantitative estimate of drug-likeness (QED) is 0.0672. The van der Waals surface area contributed by atoms with E-state index >= 15 is 0 Å². The fraction of sp³-hybridized carbons (Fsp3) is 0.607. The van der Waals surface area contributed by atoms with Gasteiger partial charge in [0.2, 0.25) is 0 Å². The van der Waals surface area contributed by atoms with Crippen molar-refractivity contribution in [2.24, 2.45) is 5.73 Å². The van der Waals surface area contributed by atoms with Crippen LogP contribution >= 0.6 is 11.8 Å². The molecule has 0 spiro atoms. The standard InChI is InChI=1S/C28H45NO8S/c1-3-4-5-6-7-8-9-10-11-12-13-14-17-26(25(32)16-15-18-27(33)34)38-21-24(29)28(35)37-20-23(31)19-36-22(2)30/h7-8,10-14,17,23-26,31-32H,3-6,9,15-16,18-21,29H2,1-2H3,(H,33,34)/b8-7-,11-10-,13-12+,17-14+/t23-,24+,25+,26-/m1/s1. The molecule has 0 radical (unpaired) electrons. The molecule has 0 rings (SSSR count). The van der Waals surface area contributed by atoms with Crippen molar-refractivity contribution in [2.75, 3.05) is 19.0 Å². The van der Waals surface area contributed by atoms with Crippen LogP contribution in [0.25, 0.3) is 0 Å². The largest absolute Gasteiger partial charge is 0.481 e. The van der Waals surface area contributed by atoms with E-state index in [2.05, 4.69) is 23.8 Å². The number of rotatable bonds is 22. The normalized spacial score (nSPS) is 15.3. The Morgan fingerprint density at radius 2 is 1.66 bits per heavy atom. The van der Waals surface area contributed by atoms with E-state index in [1.54, 1.807) is 12.2 Å². The number of carboxylic acids is 1. The molecule has 0 saturated carbocycles. The number of aliphatic carboxylic acids is 1. The van der Waals surface area contributed by atoms with Crippen molar-refractivity contribution in [3.05, 3.63) is 48.6 Å². The fourth-order valence-corrected chi connectivity index (χ4v) is 4.14. The Labute approximate surface area is 230 Å². The molecule has 0 aliphatic heterocycles. The van der Waals surface area contributed by atoms with Gasteiger partial charge in [-0.2, -0.15) is 0 Å². The SMILES string of the molecule is CCCCC/C=C\C\C=C/C=C/C=C/[C@@H](SC[C@H](N)C(=O)OC[C@H](O)COC(C)=O)[C@@H](O)CCCC(=O)O. The molecule has 0 aromatic carbocycles. The van der Waals surface area contributed by atoms with Crippen molar-refractivity contribution >= 4 is 29.7 Å². The number of nitrogens with two attached hydrogens (primary N) is 1. The third-order valence-electron chi connectivity index (χ3n) is 5.12. The molecule has 10 heteroatoms. The Kier molecular flexibility index (Phi) is 22.2. The smallest absolute Gasteiger partial charge is 0.323 e. The predicted octanol–water partition coefficient (Wildman–Crippen LogP) is 3.69. The van der Waals surface area contributed by atoms with E-state index in [0.717, 1.165) is 12.8 Å². The maximum Gasteiger partial charge on any atom is 0.323 e. The average Bonchev–Trinajstić information content (AvgIpc) is 2.87. The van der Waals surface area contributed by atoms with Gasteiger partial charge in [-0.25, -0.2) is 0 Å². The number of carbonyl (C=O) groups is 3. The van der Waals surface area contributed by atoms with Crippen LogP contribution in [0.2, 0.25) is 0 Å². The van der Waals surface area contributed by atoms with Crippen LogP contribution in [0.5, 0.6) is 0 Å². The van der Waals surface area contributed by atoms with Crippen LogP contribution in [0.15, 0.2) is 48.6 Å². The van der Waals surface area contributed by atoms with Gasteiger partial charge in [0.05, 0.1) is 6.10 Å². The van der Waals surface area contributed by atoms with E-state index in [-0.39, 0.29) is 31.8 Å². The first-order valence-corrected chi connectivity index (χ1v) is 14.1. The molecule has 0 unspecified atom stereocenters. The average molecular weight is 556 g/mol. The lowest BCUT2D eigenvalue weighted by molar-refractivity contribution is -0.151. The lowest BCUT2D eigenvalue weighted by atomic mass is 10.1. The van der Waals surface area contributed by atoms with Gasteiger partial charge in [-0.05, 0) is 32.1 Å². The molecule has 5 N–H and O–H groups in total. The van der Waals surface area contributed by atoms with Crippen molar-refractivity contribution in [3.8, 4) is 0 Å². The number of ether oxygens (including phenoxy) is 2. The van der Waals surface area contributed by atoms with Gasteiger partial charge in [-0.1, -0.05) is 68.4 Å². The summed E-state index contributed by atoms with van der Waals surface area (Å²) < 4.78 is 9.62. The van der Waals surface area contributed by atoms with Gasteiger partial charge in [0.15, 0.2) is 0 Å². The van der Waals surface area contributed by atoms with Crippen LogP contribution in [0, 0.1) is 0 Å². The molecule has 4 atom stereocenters. The number of esters is 2. The molecule has 0 heterocycles. The number of thioether (sulfide) groups is 1. The van der Waals surface area contributed by atoms with E-state index < -0.39 is 41.4 Å². The lowest BCUT2D eigenvalue weighted by Crippen LogP contribution is -2.38. The fourth-order valence-electron chi connectivity index (χ4n) is 3.02. The number of carboxylic acid groups (broad SMARTS) is 1. The number of carbonyl (C=O) groups excluding carboxylic acids is 2. The van der Waals surface area contributed by atoms with Crippen LogP contribution in [-0.4, -0.2) is 75.7 Å². The molecular weight excluding hydrogens is 510 g/mol. The van der Waals surface area contributed by atoms with E-state index in [1.165, 1.54) is 37.9 Å². The van der Waals surface area contributed by atoms with Crippen molar-refractivity contribution in [2.45, 2.75) is 88.7 Å². The highest BCUT2D eigenvalue weighted by atomic mass is 32.2. The van der Waals surface area contributed by atoms with Gasteiger partial charge in [-0.3, -0.25) is 14.4 Å². The zero-order chi connectivity index (χ0) is 28.6. The molecule has 216 valence electrons. The zero-order valence-electron chi connectivity index (χ0n) is 22.6. The Bertz CT molecular complexity index is 781. The molecule has 0 amide bonds. The van der Waals surface area contributed by atoms with E-state index in [9.17, 15) is 24.6 Å². The number of hydrogen-bond acceptors (Lipinski definition) is 9. The van der Waals surface area contributed by atoms with Crippen LogP contribution in [0.3, 0.4) is 0 Å². The second-order valence-electron chi connectivity index (χ2n) is 8.75. The van der Waals surface area contributed by atoms with Gasteiger partial charge < -0.3 is 30.5 Å². The first-order valence-electron chi connectivity index (χ1n) is 13.1. The van der Waals surface area contributed by atoms with Gasteiger partial charge >= 0.3 is 17.9 Å². The summed E-state index contributed by atoms with van der Waals surface area (Å²) in [6.07, 6.45) is 19.8. The first kappa shape index (κ1) is 35.6. The molecule has 0 fully saturated rings. The summed E-state index contributed by atoms with van der Waals surface area (Å²) in [5.41, 5.74) is 5.91. The van der Waals surface area contributed by atoms with Crippen molar-refractivity contribution in [1.82, 2.24) is 0 Å². The summed E-state index contributed by atoms with van der Waals surface area (Å²) in [5, 5.41) is 28.7. The maximum absolute atomic E-state index is 12.1. The molecule has 0 aromatic heterocycles. The summed E-state index contributed by atoms with van der Waals surface area (Å²) in [7, 11) is 0. The molecule has 0 aliphatic rings. The number of aliphatic hydroxyl groups is 2. The summed E-state index contributed by atoms with van der Waals surface area (Å²) in [5.74, 6) is -2.08. The number of aliphatic hydroxyl groups excluding tert-OH is 2. The highest BCUT2D eigenvalue weighted by Crippen LogP contribution is 2.21. The zero-order valence-corrected chi connectivity index (χ0v) is 23.4. The summed E-state index contributed by atoms with van der Waals surface area (Å²) in [6.45, 7) is 2.74. The molecule has 9 nitrogen and oxygen atoms in total. The highest BCUT2D eigenvalue weighted by Gasteiger charge is 2.22. The minimum Gasteiger partial charge on any atom is -0.481 e. The minimum absolute atomic E-state index is 0.0442. The Morgan fingerprint density at radius 3 is 2.34 bits per heavy atom. The third-order valence-corrected chi connectivity index (χ3v) is 6.53. The molecule has 0 saturated heterocycles. The Hall–Kier alpha value is -2.40. The molecular formula is C28H45NO8S. The number of hydrogen-bond donors (Lipinski definition) is 4. The summed E-state index contributed by atoms with van der Waals surface area (Å²) in [6, 6.07) is -1.00. The number of unbranched alkanes of at least 4 members (excludes halogenated alkanes) is 3. The second-order valence-corrected chi connectivity index (χ2v) is 9.96. The Balaban J connectivity index is 4.75. The topological polar surface area (TPSA) is 156 Å². The molecule has 38 heavy (non-hydrogen) atoms. The van der Waals surface area contributed by atoms with Crippen LogP contribution in [0.1, 0.15) is 65.2 Å². The minimum atomic E-state index is -1.16. The maximum atomic E-state index is 12.1. The second kappa shape index (κ2) is 23.7. The van der Waals surface area contributed by atoms with Crippen molar-refractivity contribution in [1.29, 1.82) is 0 Å².